The summed E-state index contributed by atoms with van der Waals surface area (Å²) in [4.78, 5) is 19.1. The molecule has 0 heterocycles. The molecule has 0 saturated heterocycles. The molecular weight excluding hydrogens is 108 g/mol. The van der Waals surface area contributed by atoms with E-state index in [1.165, 1.54) is 12.4 Å². The lowest BCUT2D eigenvalue weighted by Gasteiger charge is -1.72. The zero-order chi connectivity index (χ0) is 6.41. The molecule has 0 aliphatic carbocycles. The Labute approximate surface area is 46.6 Å². The second-order valence-electron chi connectivity index (χ2n) is 1.09. The Bertz CT molecular complexity index is 115. The summed E-state index contributed by atoms with van der Waals surface area (Å²) in [6.45, 7) is 0. The molecule has 1 N–H and O–H groups in total. The highest BCUT2D eigenvalue weighted by Gasteiger charge is 1.81. The van der Waals surface area contributed by atoms with Crippen LogP contribution in [0.3, 0.4) is 0 Å². The SMILES string of the molecule is O=[C]CC=CC(=O)O. The zero-order valence-corrected chi connectivity index (χ0v) is 4.13. The molecule has 3 nitrogen and oxygen atoms in total. The molecule has 0 atom stereocenters. The number of hydrogen-bond acceptors (Lipinski definition) is 2. The maximum Gasteiger partial charge on any atom is 0.327 e. The Morgan fingerprint density at radius 3 is 2.75 bits per heavy atom. The predicted octanol–water partition coefficient (Wildman–Crippen LogP) is 0.127. The third-order valence-electron chi connectivity index (χ3n) is 0.462. The molecule has 3 heteroatoms. The normalized spacial score (nSPS) is 9.50. The number of hydrogen-bond donors (Lipinski definition) is 1. The van der Waals surface area contributed by atoms with Crippen molar-refractivity contribution in [2.24, 2.45) is 0 Å². The summed E-state index contributed by atoms with van der Waals surface area (Å²) in [5.41, 5.74) is 0. The van der Waals surface area contributed by atoms with Crippen LogP contribution >= 0.6 is 0 Å². The molecule has 0 aromatic heterocycles. The van der Waals surface area contributed by atoms with Gasteiger partial charge in [0.2, 0.25) is 6.29 Å². The van der Waals surface area contributed by atoms with Gasteiger partial charge in [-0.2, -0.15) is 0 Å². The van der Waals surface area contributed by atoms with Gasteiger partial charge in [-0.3, -0.25) is 4.79 Å². The lowest BCUT2D eigenvalue weighted by Crippen LogP contribution is -1.85. The first kappa shape index (κ1) is 6.88. The van der Waals surface area contributed by atoms with E-state index in [2.05, 4.69) is 0 Å². The summed E-state index contributed by atoms with van der Waals surface area (Å²) in [5.74, 6) is -1.04. The van der Waals surface area contributed by atoms with Crippen molar-refractivity contribution in [2.45, 2.75) is 6.42 Å². The average Bonchev–Trinajstić information content (AvgIpc) is 1.66. The van der Waals surface area contributed by atoms with Gasteiger partial charge in [-0.1, -0.05) is 6.08 Å². The molecule has 0 amide bonds. The fourth-order valence-corrected chi connectivity index (χ4v) is 0.208. The fourth-order valence-electron chi connectivity index (χ4n) is 0.208. The van der Waals surface area contributed by atoms with Gasteiger partial charge in [0.05, 0.1) is 0 Å². The molecule has 0 fully saturated rings. The fraction of sp³-hybridized carbons (Fsp3) is 0.200. The topological polar surface area (TPSA) is 54.4 Å². The highest BCUT2D eigenvalue weighted by molar-refractivity contribution is 5.80. The number of carboxylic acid groups (broad SMARTS) is 1. The molecular formula is C5H5O3. The van der Waals surface area contributed by atoms with E-state index in [4.69, 9.17) is 5.11 Å². The highest BCUT2D eigenvalue weighted by Crippen LogP contribution is 1.75. The van der Waals surface area contributed by atoms with Gasteiger partial charge in [0.15, 0.2) is 0 Å². The van der Waals surface area contributed by atoms with Crippen molar-refractivity contribution in [3.63, 3.8) is 0 Å². The van der Waals surface area contributed by atoms with Gasteiger partial charge >= 0.3 is 5.97 Å². The van der Waals surface area contributed by atoms with Crippen LogP contribution in [0.4, 0.5) is 0 Å². The van der Waals surface area contributed by atoms with Gasteiger partial charge in [0.25, 0.3) is 0 Å². The lowest BCUT2D eigenvalue weighted by molar-refractivity contribution is -0.131. The first-order chi connectivity index (χ1) is 3.77. The van der Waals surface area contributed by atoms with E-state index < -0.39 is 5.97 Å². The molecule has 43 valence electrons. The van der Waals surface area contributed by atoms with Gasteiger partial charge in [0, 0.05) is 12.5 Å². The van der Waals surface area contributed by atoms with Crippen molar-refractivity contribution in [3.8, 4) is 0 Å². The van der Waals surface area contributed by atoms with Crippen LogP contribution in [0.25, 0.3) is 0 Å². The zero-order valence-electron chi connectivity index (χ0n) is 4.13. The van der Waals surface area contributed by atoms with Gasteiger partial charge in [-0.15, -0.1) is 0 Å². The van der Waals surface area contributed by atoms with E-state index in [0.717, 1.165) is 6.08 Å². The molecule has 0 bridgehead atoms. The number of aliphatic carboxylic acids is 1. The van der Waals surface area contributed by atoms with E-state index in [9.17, 15) is 9.59 Å². The minimum Gasteiger partial charge on any atom is -0.478 e. The Morgan fingerprint density at radius 1 is 1.75 bits per heavy atom. The number of rotatable bonds is 3. The van der Waals surface area contributed by atoms with Gasteiger partial charge in [-0.25, -0.2) is 4.79 Å². The van der Waals surface area contributed by atoms with Crippen LogP contribution in [0.1, 0.15) is 6.42 Å². The minimum atomic E-state index is -1.04. The summed E-state index contributed by atoms with van der Waals surface area (Å²) in [6, 6.07) is 0. The predicted molar refractivity (Wildman–Crippen MR) is 27.1 cm³/mol. The maximum atomic E-state index is 9.66. The van der Waals surface area contributed by atoms with Gasteiger partial charge in [0.1, 0.15) is 0 Å². The van der Waals surface area contributed by atoms with Crippen LogP contribution in [0, 0.1) is 0 Å². The average molecular weight is 113 g/mol. The third kappa shape index (κ3) is 4.88. The Hall–Kier alpha value is -1.12. The van der Waals surface area contributed by atoms with E-state index in [0.29, 0.717) is 0 Å². The van der Waals surface area contributed by atoms with Crippen molar-refractivity contribution >= 4 is 12.3 Å². The molecule has 0 aliphatic rings. The summed E-state index contributed by atoms with van der Waals surface area (Å²) in [7, 11) is 0. The van der Waals surface area contributed by atoms with Crippen LogP contribution in [0.2, 0.25) is 0 Å². The lowest BCUT2D eigenvalue weighted by atomic mass is 10.4. The van der Waals surface area contributed by atoms with Crippen LogP contribution in [-0.2, 0) is 9.59 Å². The van der Waals surface area contributed by atoms with Crippen molar-refractivity contribution in [2.75, 3.05) is 0 Å². The molecule has 8 heavy (non-hydrogen) atoms. The summed E-state index contributed by atoms with van der Waals surface area (Å²) >= 11 is 0. The first-order valence-corrected chi connectivity index (χ1v) is 2.02. The van der Waals surface area contributed by atoms with Crippen LogP contribution < -0.4 is 0 Å². The third-order valence-corrected chi connectivity index (χ3v) is 0.462. The van der Waals surface area contributed by atoms with Crippen LogP contribution in [0.15, 0.2) is 12.2 Å². The quantitative estimate of drug-likeness (QED) is 0.529. The number of carbonyl (C=O) groups is 1. The van der Waals surface area contributed by atoms with Crippen molar-refractivity contribution in [1.29, 1.82) is 0 Å². The molecule has 0 aromatic carbocycles. The number of carboxylic acids is 1. The molecule has 0 saturated carbocycles. The smallest absolute Gasteiger partial charge is 0.327 e. The standard InChI is InChI=1S/C5H5O3/c6-4-2-1-3-5(7)8/h1,3H,2H2,(H,7,8). The summed E-state index contributed by atoms with van der Waals surface area (Å²) < 4.78 is 0. The molecule has 1 radical (unpaired) electrons. The number of allylic oxidation sites excluding steroid dienone is 1. The van der Waals surface area contributed by atoms with E-state index in [1.807, 2.05) is 0 Å². The molecule has 0 rings (SSSR count). The van der Waals surface area contributed by atoms with Crippen molar-refractivity contribution in [3.05, 3.63) is 12.2 Å². The molecule has 0 spiro atoms. The van der Waals surface area contributed by atoms with Gasteiger partial charge in [-0.05, 0) is 0 Å². The summed E-state index contributed by atoms with van der Waals surface area (Å²) in [5, 5.41) is 7.92. The monoisotopic (exact) mass is 113 g/mol. The molecule has 0 unspecified atom stereocenters. The first-order valence-electron chi connectivity index (χ1n) is 2.02. The second-order valence-corrected chi connectivity index (χ2v) is 1.09. The molecule has 0 aromatic rings. The Morgan fingerprint density at radius 2 is 2.38 bits per heavy atom. The van der Waals surface area contributed by atoms with Gasteiger partial charge < -0.3 is 5.11 Å². The Kier molecular flexibility index (Phi) is 3.48. The van der Waals surface area contributed by atoms with E-state index in [1.54, 1.807) is 0 Å². The maximum absolute atomic E-state index is 9.66. The minimum absolute atomic E-state index is 0.0479. The summed E-state index contributed by atoms with van der Waals surface area (Å²) in [6.07, 6.45) is 3.71. The number of carbonyl (C=O) groups excluding carboxylic acids is 1. The second kappa shape index (κ2) is 4.05. The van der Waals surface area contributed by atoms with Crippen molar-refractivity contribution < 1.29 is 14.7 Å². The van der Waals surface area contributed by atoms with E-state index in [-0.39, 0.29) is 6.42 Å². The molecule has 0 aliphatic heterocycles. The van der Waals surface area contributed by atoms with Crippen molar-refractivity contribution in [1.82, 2.24) is 0 Å². The van der Waals surface area contributed by atoms with E-state index >= 15 is 0 Å². The largest absolute Gasteiger partial charge is 0.478 e. The Balaban J connectivity index is 3.34. The van der Waals surface area contributed by atoms with Crippen LogP contribution in [-0.4, -0.2) is 17.4 Å². The highest BCUT2D eigenvalue weighted by atomic mass is 16.4. The van der Waals surface area contributed by atoms with Crippen LogP contribution in [0.5, 0.6) is 0 Å².